The van der Waals surface area contributed by atoms with Gasteiger partial charge in [-0.2, -0.15) is 4.98 Å². The van der Waals surface area contributed by atoms with Gasteiger partial charge in [0.05, 0.1) is 12.5 Å². The minimum absolute atomic E-state index is 0.105. The summed E-state index contributed by atoms with van der Waals surface area (Å²) < 4.78 is 5.12. The lowest BCUT2D eigenvalue weighted by Crippen LogP contribution is -2.28. The fraction of sp³-hybridized carbons (Fsp3) is 0.278. The summed E-state index contributed by atoms with van der Waals surface area (Å²) in [5.41, 5.74) is 0.963. The van der Waals surface area contributed by atoms with Gasteiger partial charge in [0.25, 0.3) is 5.91 Å². The van der Waals surface area contributed by atoms with Crippen LogP contribution in [0.5, 0.6) is 0 Å². The summed E-state index contributed by atoms with van der Waals surface area (Å²) in [6.45, 7) is 2.08. The number of nitrogens with zero attached hydrogens (tertiary/aromatic N) is 3. The van der Waals surface area contributed by atoms with E-state index in [1.807, 2.05) is 37.3 Å². The zero-order chi connectivity index (χ0) is 17.6. The number of hydrogen-bond donors (Lipinski definition) is 1. The molecule has 1 N–H and O–H groups in total. The van der Waals surface area contributed by atoms with Crippen LogP contribution < -0.4 is 5.32 Å². The lowest BCUT2D eigenvalue weighted by Gasteiger charge is -2.14. The van der Waals surface area contributed by atoms with E-state index in [9.17, 15) is 9.59 Å². The van der Waals surface area contributed by atoms with Gasteiger partial charge in [0.15, 0.2) is 5.82 Å². The van der Waals surface area contributed by atoms with Gasteiger partial charge < -0.3 is 9.84 Å². The molecule has 2 heterocycles. The number of aromatic nitrogens is 2. The first-order valence-corrected chi connectivity index (χ1v) is 8.09. The van der Waals surface area contributed by atoms with Crippen LogP contribution in [0.4, 0.5) is 0 Å². The Bertz CT molecular complexity index is 811. The Morgan fingerprint density at radius 3 is 2.84 bits per heavy atom. The molecule has 0 spiro atoms. The highest BCUT2D eigenvalue weighted by atomic mass is 16.5. The number of dihydropyridines is 1. The Kier molecular flexibility index (Phi) is 5.13. The largest absolute Gasteiger partial charge is 0.346 e. The second-order valence-electron chi connectivity index (χ2n) is 5.61. The molecule has 1 aromatic carbocycles. The van der Waals surface area contributed by atoms with Crippen LogP contribution in [0, 0.1) is 0 Å². The number of allylic oxidation sites excluding steroid dienone is 1. The molecule has 0 fully saturated rings. The molecule has 2 aromatic rings. The van der Waals surface area contributed by atoms with Crippen molar-refractivity contribution in [1.82, 2.24) is 15.5 Å². The smallest absolute Gasteiger partial charge is 0.260 e. The summed E-state index contributed by atoms with van der Waals surface area (Å²) >= 11 is 0. The maximum atomic E-state index is 12.4. The second-order valence-corrected chi connectivity index (χ2v) is 5.61. The van der Waals surface area contributed by atoms with Gasteiger partial charge >= 0.3 is 0 Å². The van der Waals surface area contributed by atoms with E-state index < -0.39 is 5.92 Å². The molecule has 7 nitrogen and oxygen atoms in total. The van der Waals surface area contributed by atoms with Crippen molar-refractivity contribution in [2.24, 2.45) is 4.99 Å². The second kappa shape index (κ2) is 7.65. The minimum atomic E-state index is -0.633. The van der Waals surface area contributed by atoms with Crippen molar-refractivity contribution in [2.75, 3.05) is 0 Å². The van der Waals surface area contributed by atoms with Gasteiger partial charge in [-0.3, -0.25) is 9.59 Å². The highest BCUT2D eigenvalue weighted by Crippen LogP contribution is 2.20. The number of nitrogens with one attached hydrogen (secondary N) is 1. The average Bonchev–Trinajstić information content (AvgIpc) is 3.11. The van der Waals surface area contributed by atoms with Gasteiger partial charge in [-0.25, -0.2) is 4.99 Å². The maximum absolute atomic E-state index is 12.4. The zero-order valence-corrected chi connectivity index (χ0v) is 13.8. The minimum Gasteiger partial charge on any atom is -0.346 e. The fourth-order valence-corrected chi connectivity index (χ4v) is 2.65. The molecule has 0 radical (unpaired) electrons. The predicted octanol–water partition coefficient (Wildman–Crippen LogP) is 2.13. The van der Waals surface area contributed by atoms with Crippen molar-refractivity contribution in [3.8, 4) is 0 Å². The lowest BCUT2D eigenvalue weighted by molar-refractivity contribution is -0.123. The first-order chi connectivity index (χ1) is 12.2. The third kappa shape index (κ3) is 3.88. The van der Waals surface area contributed by atoms with Crippen LogP contribution >= 0.6 is 0 Å². The van der Waals surface area contributed by atoms with Gasteiger partial charge in [0.2, 0.25) is 11.8 Å². The highest BCUT2D eigenvalue weighted by molar-refractivity contribution is 5.96. The normalized spacial score (nSPS) is 17.5. The van der Waals surface area contributed by atoms with Crippen molar-refractivity contribution in [1.29, 1.82) is 0 Å². The van der Waals surface area contributed by atoms with Crippen molar-refractivity contribution in [3.63, 3.8) is 0 Å². The maximum Gasteiger partial charge on any atom is 0.260 e. The average molecular weight is 338 g/mol. The monoisotopic (exact) mass is 338 g/mol. The molecule has 0 saturated heterocycles. The summed E-state index contributed by atoms with van der Waals surface area (Å²) in [6, 6.07) is 9.60. The van der Waals surface area contributed by atoms with Crippen LogP contribution in [-0.2, 0) is 16.1 Å². The van der Waals surface area contributed by atoms with Crippen LogP contribution in [0.25, 0.3) is 0 Å². The molecule has 128 valence electrons. The first-order valence-electron chi connectivity index (χ1n) is 8.09. The van der Waals surface area contributed by atoms with Crippen molar-refractivity contribution in [3.05, 3.63) is 59.8 Å². The third-order valence-corrected chi connectivity index (χ3v) is 3.96. The Balaban J connectivity index is 1.62. The Hall–Kier alpha value is -3.09. The molecule has 0 bridgehead atoms. The number of carbonyl (C=O) groups excluding carboxylic acids is 2. The number of amides is 2. The first kappa shape index (κ1) is 16.8. The van der Waals surface area contributed by atoms with E-state index in [2.05, 4.69) is 20.4 Å². The molecule has 3 rings (SSSR count). The molecule has 2 amide bonds. The Labute approximate surface area is 144 Å². The number of hydrogen-bond acceptors (Lipinski definition) is 5. The van der Waals surface area contributed by atoms with Gasteiger partial charge in [0, 0.05) is 6.21 Å². The highest BCUT2D eigenvalue weighted by Gasteiger charge is 2.25. The summed E-state index contributed by atoms with van der Waals surface area (Å²) in [5, 5.41) is 6.62. The van der Waals surface area contributed by atoms with Crippen molar-refractivity contribution in [2.45, 2.75) is 31.7 Å². The number of carbonyl (C=O) groups is 2. The molecule has 7 heteroatoms. The zero-order valence-electron chi connectivity index (χ0n) is 13.8. The van der Waals surface area contributed by atoms with Gasteiger partial charge in [0.1, 0.15) is 5.92 Å². The molecule has 1 aromatic heterocycles. The van der Waals surface area contributed by atoms with E-state index >= 15 is 0 Å². The molecule has 1 aliphatic heterocycles. The van der Waals surface area contributed by atoms with E-state index in [0.29, 0.717) is 6.42 Å². The Morgan fingerprint density at radius 2 is 2.12 bits per heavy atom. The number of aliphatic imine (C=N–C) groups is 1. The van der Waals surface area contributed by atoms with E-state index in [1.54, 1.807) is 12.2 Å². The molecular weight excluding hydrogens is 320 g/mol. The summed E-state index contributed by atoms with van der Waals surface area (Å²) in [7, 11) is 0. The van der Waals surface area contributed by atoms with Gasteiger partial charge in [-0.1, -0.05) is 48.5 Å². The SMILES string of the molecule is CCC(C(=O)NCc1nc(C2C=CC=NC2=O)no1)c1ccccc1. The molecule has 2 atom stereocenters. The molecule has 1 aliphatic rings. The van der Waals surface area contributed by atoms with Gasteiger partial charge in [-0.15, -0.1) is 0 Å². The molecular formula is C18H18N4O3. The number of benzene rings is 1. The van der Waals surface area contributed by atoms with E-state index in [-0.39, 0.29) is 36.0 Å². The van der Waals surface area contributed by atoms with Crippen LogP contribution in [-0.4, -0.2) is 28.2 Å². The van der Waals surface area contributed by atoms with Crippen LogP contribution in [0.2, 0.25) is 0 Å². The molecule has 25 heavy (non-hydrogen) atoms. The standard InChI is InChI=1S/C18H18N4O3/c1-2-13(12-7-4-3-5-8-12)17(23)20-11-15-21-16(22-25-15)14-9-6-10-19-18(14)24/h3-10,13-14H,2,11H2,1H3,(H,20,23). The lowest BCUT2D eigenvalue weighted by atomic mass is 9.96. The van der Waals surface area contributed by atoms with Crippen molar-refractivity contribution >= 4 is 18.0 Å². The predicted molar refractivity (Wildman–Crippen MR) is 91.0 cm³/mol. The van der Waals surface area contributed by atoms with E-state index in [0.717, 1.165) is 5.56 Å². The summed E-state index contributed by atoms with van der Waals surface area (Å²) in [5.74, 6) is -0.813. The molecule has 0 saturated carbocycles. The molecule has 2 unspecified atom stereocenters. The van der Waals surface area contributed by atoms with Crippen LogP contribution in [0.15, 0.2) is 52.0 Å². The van der Waals surface area contributed by atoms with Gasteiger partial charge in [-0.05, 0) is 18.1 Å². The summed E-state index contributed by atoms with van der Waals surface area (Å²) in [6.07, 6.45) is 5.43. The third-order valence-electron chi connectivity index (χ3n) is 3.96. The Morgan fingerprint density at radius 1 is 1.32 bits per heavy atom. The fourth-order valence-electron chi connectivity index (χ4n) is 2.65. The van der Waals surface area contributed by atoms with E-state index in [4.69, 9.17) is 4.52 Å². The summed E-state index contributed by atoms with van der Waals surface area (Å²) in [4.78, 5) is 32.0. The number of rotatable bonds is 6. The quantitative estimate of drug-likeness (QED) is 0.870. The van der Waals surface area contributed by atoms with Crippen LogP contribution in [0.1, 0.15) is 42.5 Å². The molecule has 0 aliphatic carbocycles. The topological polar surface area (TPSA) is 97.5 Å². The van der Waals surface area contributed by atoms with E-state index in [1.165, 1.54) is 6.21 Å². The van der Waals surface area contributed by atoms with Crippen molar-refractivity contribution < 1.29 is 14.1 Å². The van der Waals surface area contributed by atoms with Crippen LogP contribution in [0.3, 0.4) is 0 Å².